The highest BCUT2D eigenvalue weighted by Crippen LogP contribution is 2.22. The van der Waals surface area contributed by atoms with E-state index in [0.717, 1.165) is 25.0 Å². The van der Waals surface area contributed by atoms with Gasteiger partial charge in [0.1, 0.15) is 0 Å². The highest BCUT2D eigenvalue weighted by atomic mass is 16.5. The lowest BCUT2D eigenvalue weighted by Crippen LogP contribution is -2.26. The first-order valence-corrected chi connectivity index (χ1v) is 5.74. The molecule has 0 radical (unpaired) electrons. The maximum absolute atomic E-state index is 5.37. The van der Waals surface area contributed by atoms with Gasteiger partial charge in [-0.3, -0.25) is 0 Å². The fourth-order valence-corrected chi connectivity index (χ4v) is 1.99. The van der Waals surface area contributed by atoms with Crippen LogP contribution < -0.4 is 5.73 Å². The largest absolute Gasteiger partial charge is 0.379 e. The lowest BCUT2D eigenvalue weighted by molar-refractivity contribution is 0.115. The van der Waals surface area contributed by atoms with E-state index in [-0.39, 0.29) is 0 Å². The van der Waals surface area contributed by atoms with Crippen LogP contribution in [0.5, 0.6) is 0 Å². The maximum Gasteiger partial charge on any atom is 0.0594 e. The third kappa shape index (κ3) is 3.95. The van der Waals surface area contributed by atoms with Gasteiger partial charge >= 0.3 is 0 Å². The van der Waals surface area contributed by atoms with Gasteiger partial charge in [-0.1, -0.05) is 13.8 Å². The lowest BCUT2D eigenvalue weighted by atomic mass is 9.95. The molecule has 0 bridgehead atoms. The van der Waals surface area contributed by atoms with Gasteiger partial charge in [-0.2, -0.15) is 0 Å². The molecule has 1 atom stereocenters. The van der Waals surface area contributed by atoms with Gasteiger partial charge in [0.05, 0.1) is 13.2 Å². The van der Waals surface area contributed by atoms with E-state index in [1.807, 2.05) is 0 Å². The van der Waals surface area contributed by atoms with Crippen LogP contribution in [-0.2, 0) is 4.74 Å². The summed E-state index contributed by atoms with van der Waals surface area (Å²) >= 11 is 0. The molecular weight excluding hydrogens is 176 g/mol. The monoisotopic (exact) mass is 200 g/mol. The minimum atomic E-state index is 0.634. The normalized spacial score (nSPS) is 23.6. The zero-order chi connectivity index (χ0) is 10.4. The van der Waals surface area contributed by atoms with Crippen LogP contribution >= 0.6 is 0 Å². The van der Waals surface area contributed by atoms with Gasteiger partial charge in [-0.05, 0) is 24.8 Å². The molecule has 1 heterocycles. The van der Waals surface area contributed by atoms with Crippen LogP contribution in [0.4, 0.5) is 0 Å². The second-order valence-electron chi connectivity index (χ2n) is 4.49. The summed E-state index contributed by atoms with van der Waals surface area (Å²) in [7, 11) is 0. The molecule has 0 spiro atoms. The van der Waals surface area contributed by atoms with E-state index in [1.54, 1.807) is 0 Å². The number of rotatable bonds is 6. The molecule has 1 unspecified atom stereocenters. The van der Waals surface area contributed by atoms with Crippen molar-refractivity contribution in [1.82, 2.24) is 4.90 Å². The van der Waals surface area contributed by atoms with Crippen LogP contribution in [0, 0.1) is 11.8 Å². The van der Waals surface area contributed by atoms with Crippen molar-refractivity contribution in [3.63, 3.8) is 0 Å². The maximum atomic E-state index is 5.37. The van der Waals surface area contributed by atoms with Gasteiger partial charge in [0.25, 0.3) is 0 Å². The second kappa shape index (κ2) is 6.38. The van der Waals surface area contributed by atoms with Crippen LogP contribution in [0.2, 0.25) is 0 Å². The van der Waals surface area contributed by atoms with E-state index in [4.69, 9.17) is 10.5 Å². The number of nitrogens with zero attached hydrogens (tertiary/aromatic N) is 1. The van der Waals surface area contributed by atoms with Gasteiger partial charge in [0, 0.05) is 19.6 Å². The molecule has 1 fully saturated rings. The topological polar surface area (TPSA) is 38.5 Å². The predicted molar refractivity (Wildman–Crippen MR) is 59.3 cm³/mol. The van der Waals surface area contributed by atoms with Gasteiger partial charge in [0.15, 0.2) is 0 Å². The molecule has 1 aliphatic rings. The van der Waals surface area contributed by atoms with Crippen LogP contribution in [0.25, 0.3) is 0 Å². The number of likely N-dealkylation sites (tertiary alicyclic amines) is 1. The minimum Gasteiger partial charge on any atom is -0.379 e. The van der Waals surface area contributed by atoms with E-state index in [1.165, 1.54) is 19.5 Å². The fraction of sp³-hybridized carbons (Fsp3) is 1.00. The molecular formula is C11H24N2O. The van der Waals surface area contributed by atoms with Gasteiger partial charge in [-0.15, -0.1) is 0 Å². The van der Waals surface area contributed by atoms with Crippen molar-refractivity contribution in [2.24, 2.45) is 17.6 Å². The number of hydrogen-bond acceptors (Lipinski definition) is 3. The smallest absolute Gasteiger partial charge is 0.0594 e. The van der Waals surface area contributed by atoms with Gasteiger partial charge < -0.3 is 15.4 Å². The Morgan fingerprint density at radius 1 is 1.43 bits per heavy atom. The quantitative estimate of drug-likeness (QED) is 0.649. The molecule has 1 rings (SSSR count). The fourth-order valence-electron chi connectivity index (χ4n) is 1.99. The van der Waals surface area contributed by atoms with Gasteiger partial charge in [0.2, 0.25) is 0 Å². The first-order chi connectivity index (χ1) is 6.74. The van der Waals surface area contributed by atoms with Crippen molar-refractivity contribution in [2.45, 2.75) is 20.3 Å². The summed E-state index contributed by atoms with van der Waals surface area (Å²) in [6, 6.07) is 0. The Hall–Kier alpha value is -0.120. The highest BCUT2D eigenvalue weighted by molar-refractivity contribution is 4.77. The van der Waals surface area contributed by atoms with Crippen LogP contribution in [0.3, 0.4) is 0 Å². The summed E-state index contributed by atoms with van der Waals surface area (Å²) in [6.07, 6.45) is 1.36. The summed E-state index contributed by atoms with van der Waals surface area (Å²) in [5.41, 5.74) is 5.35. The first kappa shape index (κ1) is 12.0. The minimum absolute atomic E-state index is 0.634. The third-order valence-corrected chi connectivity index (χ3v) is 3.07. The van der Waals surface area contributed by atoms with E-state index in [0.29, 0.717) is 13.2 Å². The summed E-state index contributed by atoms with van der Waals surface area (Å²) in [5.74, 6) is 1.72. The summed E-state index contributed by atoms with van der Waals surface area (Å²) in [4.78, 5) is 2.50. The SMILES string of the molecule is CC(C)C1CCN(CCOCCN)C1. The van der Waals surface area contributed by atoms with Crippen LogP contribution in [0.15, 0.2) is 0 Å². The molecule has 3 nitrogen and oxygen atoms in total. The number of ether oxygens (including phenoxy) is 1. The van der Waals surface area contributed by atoms with Crippen molar-refractivity contribution < 1.29 is 4.74 Å². The Balaban J connectivity index is 2.04. The summed E-state index contributed by atoms with van der Waals surface area (Å²) in [5, 5.41) is 0. The van der Waals surface area contributed by atoms with Crippen molar-refractivity contribution in [2.75, 3.05) is 39.4 Å². The Morgan fingerprint density at radius 3 is 2.79 bits per heavy atom. The Morgan fingerprint density at radius 2 is 2.21 bits per heavy atom. The summed E-state index contributed by atoms with van der Waals surface area (Å²) in [6.45, 7) is 10.4. The Labute approximate surface area is 87.6 Å². The van der Waals surface area contributed by atoms with Crippen molar-refractivity contribution >= 4 is 0 Å². The molecule has 0 aromatic heterocycles. The molecule has 0 aromatic carbocycles. The molecule has 84 valence electrons. The Kier molecular flexibility index (Phi) is 5.45. The van der Waals surface area contributed by atoms with Crippen molar-refractivity contribution in [3.05, 3.63) is 0 Å². The molecule has 14 heavy (non-hydrogen) atoms. The molecule has 0 aromatic rings. The number of hydrogen-bond donors (Lipinski definition) is 1. The van der Waals surface area contributed by atoms with E-state index >= 15 is 0 Å². The highest BCUT2D eigenvalue weighted by Gasteiger charge is 2.23. The Bertz CT molecular complexity index is 150. The average molecular weight is 200 g/mol. The molecule has 3 heteroatoms. The molecule has 1 aliphatic heterocycles. The van der Waals surface area contributed by atoms with Crippen LogP contribution in [0.1, 0.15) is 20.3 Å². The van der Waals surface area contributed by atoms with E-state index in [2.05, 4.69) is 18.7 Å². The number of nitrogens with two attached hydrogens (primary N) is 1. The predicted octanol–water partition coefficient (Wildman–Crippen LogP) is 0.940. The average Bonchev–Trinajstić information content (AvgIpc) is 2.61. The standard InChI is InChI=1S/C11H24N2O/c1-10(2)11-3-5-13(9-11)6-8-14-7-4-12/h10-11H,3-9,12H2,1-2H3. The molecule has 0 amide bonds. The zero-order valence-corrected chi connectivity index (χ0v) is 9.54. The second-order valence-corrected chi connectivity index (χ2v) is 4.49. The molecule has 0 saturated carbocycles. The lowest BCUT2D eigenvalue weighted by Gasteiger charge is -2.17. The third-order valence-electron chi connectivity index (χ3n) is 3.07. The molecule has 1 saturated heterocycles. The van der Waals surface area contributed by atoms with Gasteiger partial charge in [-0.25, -0.2) is 0 Å². The molecule has 0 aliphatic carbocycles. The van der Waals surface area contributed by atoms with E-state index in [9.17, 15) is 0 Å². The van der Waals surface area contributed by atoms with Crippen molar-refractivity contribution in [3.8, 4) is 0 Å². The zero-order valence-electron chi connectivity index (χ0n) is 9.54. The first-order valence-electron chi connectivity index (χ1n) is 5.74. The summed E-state index contributed by atoms with van der Waals surface area (Å²) < 4.78 is 5.37. The van der Waals surface area contributed by atoms with Crippen molar-refractivity contribution in [1.29, 1.82) is 0 Å². The van der Waals surface area contributed by atoms with E-state index < -0.39 is 0 Å². The molecule has 2 N–H and O–H groups in total. The van der Waals surface area contributed by atoms with Crippen LogP contribution in [-0.4, -0.2) is 44.3 Å².